The number of hydrogen-bond acceptors (Lipinski definition) is 6. The Balaban J connectivity index is 1.48. The molecule has 1 aliphatic heterocycles. The fraction of sp³-hybridized carbons (Fsp3) is 0.208. The first-order valence-electron chi connectivity index (χ1n) is 10.9. The second-order valence-electron chi connectivity index (χ2n) is 8.01. The molecule has 4 aromatic rings. The highest BCUT2D eigenvalue weighted by molar-refractivity contribution is 7.22. The summed E-state index contributed by atoms with van der Waals surface area (Å²) in [6, 6.07) is 8.19. The molecule has 0 radical (unpaired) electrons. The number of imide groups is 1. The van der Waals surface area contributed by atoms with Gasteiger partial charge >= 0.3 is 0 Å². The fourth-order valence-electron chi connectivity index (χ4n) is 3.97. The van der Waals surface area contributed by atoms with E-state index in [1.807, 2.05) is 4.57 Å². The molecule has 1 aliphatic rings. The molecule has 0 unspecified atom stereocenters. The molecule has 0 N–H and O–H groups in total. The number of amides is 3. The number of thiazole rings is 1. The number of benzene rings is 2. The lowest BCUT2D eigenvalue weighted by atomic mass is 10.1. The van der Waals surface area contributed by atoms with Gasteiger partial charge in [0.25, 0.3) is 5.91 Å². The third-order valence-electron chi connectivity index (χ3n) is 5.64. The number of hydrogen-bond donors (Lipinski definition) is 0. The van der Waals surface area contributed by atoms with Gasteiger partial charge in [0.2, 0.25) is 11.8 Å². The van der Waals surface area contributed by atoms with Gasteiger partial charge in [0, 0.05) is 50.0 Å². The number of carbonyl (C=O) groups excluding carboxylic acids is 3. The Morgan fingerprint density at radius 3 is 2.66 bits per heavy atom. The van der Waals surface area contributed by atoms with Crippen molar-refractivity contribution in [2.45, 2.75) is 25.8 Å². The standard InChI is InChI=1S/C24H19F2N5O3S/c25-16-12-18(26)22-19(13-16)35-24(28-22)30(9-2-8-29-10-7-27-14-29)23(34)15-3-1-4-17(11-15)31-20(32)5-6-21(31)33/h1,3-4,7,10-14H,2,5-6,8-9H2. The van der Waals surface area contributed by atoms with Crippen molar-refractivity contribution in [3.8, 4) is 0 Å². The Kier molecular flexibility index (Phi) is 6.08. The maximum Gasteiger partial charge on any atom is 0.260 e. The molecular formula is C24H19F2N5O3S. The first kappa shape index (κ1) is 22.8. The second-order valence-corrected chi connectivity index (χ2v) is 9.02. The van der Waals surface area contributed by atoms with Gasteiger partial charge in [-0.3, -0.25) is 24.2 Å². The van der Waals surface area contributed by atoms with Crippen LogP contribution in [-0.4, -0.2) is 38.8 Å². The predicted molar refractivity (Wildman–Crippen MR) is 126 cm³/mol. The van der Waals surface area contributed by atoms with E-state index in [1.165, 1.54) is 17.0 Å². The summed E-state index contributed by atoms with van der Waals surface area (Å²) in [6.45, 7) is 0.821. The van der Waals surface area contributed by atoms with Crippen molar-refractivity contribution in [3.63, 3.8) is 0 Å². The molecule has 35 heavy (non-hydrogen) atoms. The molecule has 1 saturated heterocycles. The van der Waals surface area contributed by atoms with Crippen molar-refractivity contribution >= 4 is 50.1 Å². The average molecular weight is 496 g/mol. The number of fused-ring (bicyclic) bond motifs is 1. The lowest BCUT2D eigenvalue weighted by molar-refractivity contribution is -0.121. The van der Waals surface area contributed by atoms with Gasteiger partial charge in [-0.1, -0.05) is 17.4 Å². The minimum absolute atomic E-state index is 0.0131. The minimum atomic E-state index is -0.804. The molecule has 3 heterocycles. The van der Waals surface area contributed by atoms with E-state index in [1.54, 1.807) is 36.9 Å². The average Bonchev–Trinajstić information content (AvgIpc) is 3.57. The summed E-state index contributed by atoms with van der Waals surface area (Å²) in [6.07, 6.45) is 5.92. The van der Waals surface area contributed by atoms with Gasteiger partial charge in [-0.15, -0.1) is 0 Å². The van der Waals surface area contributed by atoms with Gasteiger partial charge < -0.3 is 4.57 Å². The van der Waals surface area contributed by atoms with E-state index in [4.69, 9.17) is 0 Å². The van der Waals surface area contributed by atoms with Crippen LogP contribution >= 0.6 is 11.3 Å². The van der Waals surface area contributed by atoms with Crippen LogP contribution in [0.15, 0.2) is 55.1 Å². The molecule has 0 spiro atoms. The molecule has 2 aromatic heterocycles. The first-order valence-corrected chi connectivity index (χ1v) is 11.7. The normalized spacial score (nSPS) is 13.7. The molecular weight excluding hydrogens is 476 g/mol. The van der Waals surface area contributed by atoms with E-state index < -0.39 is 17.5 Å². The van der Waals surface area contributed by atoms with Crippen molar-refractivity contribution in [2.24, 2.45) is 0 Å². The molecule has 0 aliphatic carbocycles. The minimum Gasteiger partial charge on any atom is -0.337 e. The number of halogens is 2. The van der Waals surface area contributed by atoms with Crippen LogP contribution in [0, 0.1) is 11.6 Å². The quantitative estimate of drug-likeness (QED) is 0.359. The number of anilines is 2. The van der Waals surface area contributed by atoms with Crippen molar-refractivity contribution in [2.75, 3.05) is 16.3 Å². The molecule has 178 valence electrons. The number of aryl methyl sites for hydroxylation is 1. The summed E-state index contributed by atoms with van der Waals surface area (Å²) in [4.78, 5) is 48.7. The van der Waals surface area contributed by atoms with E-state index in [0.717, 1.165) is 22.3 Å². The number of carbonyl (C=O) groups is 3. The fourth-order valence-corrected chi connectivity index (χ4v) is 5.00. The Morgan fingerprint density at radius 2 is 1.91 bits per heavy atom. The molecule has 2 aromatic carbocycles. The first-order chi connectivity index (χ1) is 16.9. The van der Waals surface area contributed by atoms with Crippen LogP contribution in [0.25, 0.3) is 10.2 Å². The van der Waals surface area contributed by atoms with Crippen molar-refractivity contribution < 1.29 is 23.2 Å². The van der Waals surface area contributed by atoms with E-state index in [-0.39, 0.29) is 52.1 Å². The monoisotopic (exact) mass is 495 g/mol. The highest BCUT2D eigenvalue weighted by atomic mass is 32.1. The van der Waals surface area contributed by atoms with E-state index in [9.17, 15) is 23.2 Å². The van der Waals surface area contributed by atoms with E-state index in [0.29, 0.717) is 18.7 Å². The largest absolute Gasteiger partial charge is 0.337 e. The molecule has 8 nitrogen and oxygen atoms in total. The van der Waals surface area contributed by atoms with Crippen LogP contribution in [-0.2, 0) is 16.1 Å². The smallest absolute Gasteiger partial charge is 0.260 e. The van der Waals surface area contributed by atoms with Crippen LogP contribution in [0.1, 0.15) is 29.6 Å². The van der Waals surface area contributed by atoms with Crippen LogP contribution < -0.4 is 9.80 Å². The zero-order valence-electron chi connectivity index (χ0n) is 18.4. The topological polar surface area (TPSA) is 88.4 Å². The summed E-state index contributed by atoms with van der Waals surface area (Å²) in [7, 11) is 0. The van der Waals surface area contributed by atoms with Gasteiger partial charge in [-0.05, 0) is 30.7 Å². The van der Waals surface area contributed by atoms with Crippen molar-refractivity contribution in [1.29, 1.82) is 0 Å². The van der Waals surface area contributed by atoms with Crippen LogP contribution in [0.2, 0.25) is 0 Å². The Hall–Kier alpha value is -3.99. The molecule has 1 fully saturated rings. The van der Waals surface area contributed by atoms with Crippen molar-refractivity contribution in [3.05, 3.63) is 72.3 Å². The summed E-state index contributed by atoms with van der Waals surface area (Å²) in [5.74, 6) is -2.60. The van der Waals surface area contributed by atoms with Gasteiger partial charge in [0.1, 0.15) is 11.3 Å². The Bertz CT molecular complexity index is 1420. The SMILES string of the molecule is O=C(c1cccc(N2C(=O)CCC2=O)c1)N(CCCn1ccnc1)c1nc2c(F)cc(F)cc2s1. The number of nitrogens with zero attached hydrogens (tertiary/aromatic N) is 5. The Labute approximate surface area is 202 Å². The van der Waals surface area contributed by atoms with Crippen LogP contribution in [0.5, 0.6) is 0 Å². The van der Waals surface area contributed by atoms with Crippen LogP contribution in [0.3, 0.4) is 0 Å². The molecule has 0 bridgehead atoms. The van der Waals surface area contributed by atoms with E-state index >= 15 is 0 Å². The molecule has 3 amide bonds. The lowest BCUT2D eigenvalue weighted by Gasteiger charge is -2.21. The summed E-state index contributed by atoms with van der Waals surface area (Å²) in [5.41, 5.74) is 0.545. The van der Waals surface area contributed by atoms with E-state index in [2.05, 4.69) is 9.97 Å². The summed E-state index contributed by atoms with van der Waals surface area (Å²) in [5, 5.41) is 0.221. The molecule has 11 heteroatoms. The third kappa shape index (κ3) is 4.54. The summed E-state index contributed by atoms with van der Waals surface area (Å²) < 4.78 is 30.2. The number of rotatable bonds is 7. The number of aromatic nitrogens is 3. The lowest BCUT2D eigenvalue weighted by Crippen LogP contribution is -2.33. The Morgan fingerprint density at radius 1 is 1.11 bits per heavy atom. The summed E-state index contributed by atoms with van der Waals surface area (Å²) >= 11 is 1.01. The maximum absolute atomic E-state index is 14.3. The highest BCUT2D eigenvalue weighted by Gasteiger charge is 2.31. The zero-order valence-corrected chi connectivity index (χ0v) is 19.2. The molecule has 5 rings (SSSR count). The van der Waals surface area contributed by atoms with Gasteiger partial charge in [-0.25, -0.2) is 18.7 Å². The van der Waals surface area contributed by atoms with Gasteiger partial charge in [0.05, 0.1) is 16.7 Å². The van der Waals surface area contributed by atoms with Gasteiger partial charge in [-0.2, -0.15) is 0 Å². The van der Waals surface area contributed by atoms with Gasteiger partial charge in [0.15, 0.2) is 10.9 Å². The number of imidazole rings is 1. The van der Waals surface area contributed by atoms with Crippen LogP contribution in [0.4, 0.5) is 19.6 Å². The predicted octanol–water partition coefficient (Wildman–Crippen LogP) is 4.16. The third-order valence-corrected chi connectivity index (χ3v) is 6.66. The second kappa shape index (κ2) is 9.34. The van der Waals surface area contributed by atoms with Crippen molar-refractivity contribution in [1.82, 2.24) is 14.5 Å². The maximum atomic E-state index is 14.3. The zero-order chi connectivity index (χ0) is 24.5. The molecule has 0 atom stereocenters. The highest BCUT2D eigenvalue weighted by Crippen LogP contribution is 2.33. The molecule has 0 saturated carbocycles.